The molecule has 0 heterocycles. The summed E-state index contributed by atoms with van der Waals surface area (Å²) < 4.78 is 0.568. The Morgan fingerprint density at radius 3 is 2.11 bits per heavy atom. The van der Waals surface area contributed by atoms with Crippen molar-refractivity contribution in [3.8, 4) is 0 Å². The van der Waals surface area contributed by atoms with Crippen LogP contribution in [-0.2, 0) is 10.3 Å². The highest BCUT2D eigenvalue weighted by atomic mass is 35.5. The lowest BCUT2D eigenvalue weighted by atomic mass is 9.80. The molecule has 1 unspecified atom stereocenters. The van der Waals surface area contributed by atoms with Gasteiger partial charge in [0.1, 0.15) is 0 Å². The lowest BCUT2D eigenvalue weighted by Gasteiger charge is -2.44. The molecule has 100 valence electrons. The summed E-state index contributed by atoms with van der Waals surface area (Å²) in [5.41, 5.74) is 0.517. The van der Waals surface area contributed by atoms with Gasteiger partial charge < -0.3 is 16.9 Å². The standard InChI is InChI=1S/C15H22NO.ClH/c1-6-14(17)15(7-2,16(3,4)5)13-11-9-8-10-12-13;/h6,8-12H,1,7H2,2-5H3;1H/q+1;/p-1. The zero-order valence-corrected chi connectivity index (χ0v) is 12.4. The summed E-state index contributed by atoms with van der Waals surface area (Å²) in [5.74, 6) is 0.0821. The third-order valence-corrected chi connectivity index (χ3v) is 3.50. The average molecular weight is 268 g/mol. The normalized spacial score (nSPS) is 14.2. The zero-order valence-electron chi connectivity index (χ0n) is 11.6. The van der Waals surface area contributed by atoms with E-state index >= 15 is 0 Å². The molecular weight excluding hydrogens is 246 g/mol. The highest BCUT2D eigenvalue weighted by Gasteiger charge is 2.48. The zero-order chi connectivity index (χ0) is 13.1. The molecule has 1 aromatic rings. The van der Waals surface area contributed by atoms with E-state index < -0.39 is 5.54 Å². The van der Waals surface area contributed by atoms with Gasteiger partial charge in [0.05, 0.1) is 21.1 Å². The Morgan fingerprint density at radius 2 is 1.78 bits per heavy atom. The first-order valence-electron chi connectivity index (χ1n) is 5.94. The molecule has 0 radical (unpaired) electrons. The Kier molecular flexibility index (Phi) is 5.78. The number of nitrogens with zero attached hydrogens (tertiary/aromatic N) is 1. The van der Waals surface area contributed by atoms with E-state index in [-0.39, 0.29) is 18.2 Å². The minimum Gasteiger partial charge on any atom is -1.00 e. The van der Waals surface area contributed by atoms with Crippen molar-refractivity contribution in [2.45, 2.75) is 18.9 Å². The van der Waals surface area contributed by atoms with Gasteiger partial charge in [0, 0.05) is 12.0 Å². The van der Waals surface area contributed by atoms with Crippen molar-refractivity contribution in [3.63, 3.8) is 0 Å². The molecule has 0 aliphatic carbocycles. The SMILES string of the molecule is C=CC(=O)C(CC)(c1ccccc1)[N+](C)(C)C.[Cl-]. The molecule has 0 amide bonds. The number of halogens is 1. The first kappa shape index (κ1) is 16.9. The maximum atomic E-state index is 12.4. The number of carbonyl (C=O) groups excluding carboxylic acids is 1. The number of likely N-dealkylation sites (N-methyl/N-ethyl adjacent to an activating group) is 1. The van der Waals surface area contributed by atoms with Gasteiger partial charge in [-0.05, 0) is 6.08 Å². The van der Waals surface area contributed by atoms with Crippen LogP contribution >= 0.6 is 0 Å². The van der Waals surface area contributed by atoms with E-state index in [2.05, 4.69) is 34.6 Å². The van der Waals surface area contributed by atoms with Crippen LogP contribution in [0.1, 0.15) is 18.9 Å². The van der Waals surface area contributed by atoms with Gasteiger partial charge >= 0.3 is 0 Å². The number of quaternary nitrogens is 1. The van der Waals surface area contributed by atoms with Gasteiger partial charge in [-0.2, -0.15) is 0 Å². The molecule has 0 fully saturated rings. The van der Waals surface area contributed by atoms with Crippen LogP contribution in [0.4, 0.5) is 0 Å². The number of ketones is 1. The molecule has 0 aromatic heterocycles. The molecular formula is C15H22ClNO. The highest BCUT2D eigenvalue weighted by molar-refractivity contribution is 5.97. The topological polar surface area (TPSA) is 17.1 Å². The van der Waals surface area contributed by atoms with E-state index in [1.807, 2.05) is 30.3 Å². The van der Waals surface area contributed by atoms with Crippen LogP contribution in [0.3, 0.4) is 0 Å². The van der Waals surface area contributed by atoms with Crippen molar-refractivity contribution in [3.05, 3.63) is 48.6 Å². The van der Waals surface area contributed by atoms with Crippen molar-refractivity contribution < 1.29 is 21.7 Å². The molecule has 0 spiro atoms. The van der Waals surface area contributed by atoms with Gasteiger partial charge in [0.2, 0.25) is 5.78 Å². The summed E-state index contributed by atoms with van der Waals surface area (Å²) >= 11 is 0. The van der Waals surface area contributed by atoms with E-state index in [4.69, 9.17) is 0 Å². The number of hydrogen-bond donors (Lipinski definition) is 0. The monoisotopic (exact) mass is 267 g/mol. The van der Waals surface area contributed by atoms with Crippen molar-refractivity contribution in [1.82, 2.24) is 0 Å². The van der Waals surface area contributed by atoms with Crippen LogP contribution in [0.5, 0.6) is 0 Å². The van der Waals surface area contributed by atoms with Crippen LogP contribution < -0.4 is 12.4 Å². The third kappa shape index (κ3) is 2.65. The van der Waals surface area contributed by atoms with E-state index in [1.165, 1.54) is 6.08 Å². The smallest absolute Gasteiger partial charge is 0.220 e. The summed E-state index contributed by atoms with van der Waals surface area (Å²) in [7, 11) is 6.16. The van der Waals surface area contributed by atoms with Gasteiger partial charge in [-0.1, -0.05) is 43.8 Å². The van der Waals surface area contributed by atoms with Crippen molar-refractivity contribution in [1.29, 1.82) is 0 Å². The Bertz CT molecular complexity index is 408. The van der Waals surface area contributed by atoms with E-state index in [1.54, 1.807) is 0 Å². The number of carbonyl (C=O) groups is 1. The molecule has 3 heteroatoms. The van der Waals surface area contributed by atoms with Crippen molar-refractivity contribution in [2.24, 2.45) is 0 Å². The van der Waals surface area contributed by atoms with Crippen molar-refractivity contribution in [2.75, 3.05) is 21.1 Å². The van der Waals surface area contributed by atoms with E-state index in [9.17, 15) is 4.79 Å². The Balaban J connectivity index is 0.00000289. The predicted molar refractivity (Wildman–Crippen MR) is 71.6 cm³/mol. The van der Waals surface area contributed by atoms with Gasteiger partial charge in [-0.3, -0.25) is 4.79 Å². The average Bonchev–Trinajstić information content (AvgIpc) is 2.30. The summed E-state index contributed by atoms with van der Waals surface area (Å²) in [6.07, 6.45) is 2.20. The third-order valence-electron chi connectivity index (χ3n) is 3.50. The van der Waals surface area contributed by atoms with Crippen LogP contribution in [0.2, 0.25) is 0 Å². The molecule has 0 bridgehead atoms. The van der Waals surface area contributed by atoms with Gasteiger partial charge in [-0.25, -0.2) is 0 Å². The molecule has 18 heavy (non-hydrogen) atoms. The van der Waals surface area contributed by atoms with Crippen molar-refractivity contribution >= 4 is 5.78 Å². The summed E-state index contributed by atoms with van der Waals surface area (Å²) in [4.78, 5) is 12.4. The Hall–Kier alpha value is -1.12. The van der Waals surface area contributed by atoms with Gasteiger partial charge in [-0.15, -0.1) is 0 Å². The molecule has 0 N–H and O–H groups in total. The quantitative estimate of drug-likeness (QED) is 0.532. The second-order valence-corrected chi connectivity index (χ2v) is 5.16. The molecule has 0 aliphatic heterocycles. The largest absolute Gasteiger partial charge is 1.00 e. The van der Waals surface area contributed by atoms with E-state index in [0.717, 1.165) is 12.0 Å². The minimum absolute atomic E-state index is 0. The Morgan fingerprint density at radius 1 is 1.28 bits per heavy atom. The fourth-order valence-electron chi connectivity index (χ4n) is 2.60. The first-order valence-corrected chi connectivity index (χ1v) is 5.94. The molecule has 1 aromatic carbocycles. The number of benzene rings is 1. The maximum absolute atomic E-state index is 12.4. The molecule has 0 aliphatic rings. The van der Waals surface area contributed by atoms with E-state index in [0.29, 0.717) is 4.48 Å². The lowest BCUT2D eigenvalue weighted by Crippen LogP contribution is -3.00. The second-order valence-electron chi connectivity index (χ2n) is 5.16. The fraction of sp³-hybridized carbons (Fsp3) is 0.400. The lowest BCUT2D eigenvalue weighted by molar-refractivity contribution is -0.920. The summed E-state index contributed by atoms with van der Waals surface area (Å²) in [5, 5.41) is 0. The minimum atomic E-state index is -0.539. The van der Waals surface area contributed by atoms with Crippen LogP contribution in [-0.4, -0.2) is 31.4 Å². The molecule has 2 nitrogen and oxygen atoms in total. The van der Waals surface area contributed by atoms with Crippen LogP contribution in [0.15, 0.2) is 43.0 Å². The van der Waals surface area contributed by atoms with Gasteiger partial charge in [0.25, 0.3) is 0 Å². The molecule has 0 saturated carbocycles. The summed E-state index contributed by atoms with van der Waals surface area (Å²) in [6.45, 7) is 5.71. The first-order chi connectivity index (χ1) is 7.90. The molecule has 0 saturated heterocycles. The highest BCUT2D eigenvalue weighted by Crippen LogP contribution is 2.35. The number of rotatable bonds is 5. The fourth-order valence-corrected chi connectivity index (χ4v) is 2.60. The number of hydrogen-bond acceptors (Lipinski definition) is 1. The summed E-state index contributed by atoms with van der Waals surface area (Å²) in [6, 6.07) is 9.97. The molecule has 1 atom stereocenters. The van der Waals surface area contributed by atoms with Gasteiger partial charge in [0.15, 0.2) is 5.54 Å². The van der Waals surface area contributed by atoms with Crippen LogP contribution in [0, 0.1) is 0 Å². The predicted octanol–water partition coefficient (Wildman–Crippen LogP) is -0.243. The molecule has 1 rings (SSSR count). The van der Waals surface area contributed by atoms with Crippen LogP contribution in [0.25, 0.3) is 0 Å². The maximum Gasteiger partial charge on any atom is 0.220 e. The second kappa shape index (κ2) is 6.17. The Labute approximate surface area is 116 Å².